The third-order valence-corrected chi connectivity index (χ3v) is 4.47. The molecule has 1 aliphatic rings. The van der Waals surface area contributed by atoms with Crippen LogP contribution < -0.4 is 5.32 Å². The van der Waals surface area contributed by atoms with Gasteiger partial charge in [-0.25, -0.2) is 0 Å². The molecule has 0 unspecified atom stereocenters. The van der Waals surface area contributed by atoms with Gasteiger partial charge in [-0.15, -0.1) is 0 Å². The zero-order chi connectivity index (χ0) is 16.3. The minimum absolute atomic E-state index is 0.237. The average Bonchev–Trinajstić information content (AvgIpc) is 2.61. The van der Waals surface area contributed by atoms with Crippen LogP contribution in [0.15, 0.2) is 42.0 Å². The lowest BCUT2D eigenvalue weighted by molar-refractivity contribution is -0.131. The predicted octanol–water partition coefficient (Wildman–Crippen LogP) is 3.91. The molecule has 1 aromatic carbocycles. The largest absolute Gasteiger partial charge is 0.339 e. The summed E-state index contributed by atoms with van der Waals surface area (Å²) in [5.74, 6) is 0.237. The van der Waals surface area contributed by atoms with Crippen LogP contribution in [0.5, 0.6) is 0 Å². The Hall–Kier alpha value is -1.61. The van der Waals surface area contributed by atoms with E-state index in [4.69, 9.17) is 0 Å². The smallest absolute Gasteiger partial charge is 0.224 e. The summed E-state index contributed by atoms with van der Waals surface area (Å²) in [4.78, 5) is 14.2. The van der Waals surface area contributed by atoms with Crippen LogP contribution in [0.3, 0.4) is 0 Å². The molecule has 126 valence electrons. The molecule has 1 aliphatic carbocycles. The second-order valence-corrected chi connectivity index (χ2v) is 6.25. The molecule has 3 nitrogen and oxygen atoms in total. The van der Waals surface area contributed by atoms with Gasteiger partial charge >= 0.3 is 0 Å². The first-order chi connectivity index (χ1) is 11.3. The molecule has 0 heterocycles. The van der Waals surface area contributed by atoms with Gasteiger partial charge in [-0.05, 0) is 51.1 Å². The highest BCUT2D eigenvalue weighted by molar-refractivity contribution is 5.76. The zero-order valence-corrected chi connectivity index (χ0v) is 14.4. The summed E-state index contributed by atoms with van der Waals surface area (Å²) in [5.41, 5.74) is 2.79. The van der Waals surface area contributed by atoms with Gasteiger partial charge in [0.1, 0.15) is 0 Å². The summed E-state index contributed by atoms with van der Waals surface area (Å²) in [5, 5.41) is 3.42. The van der Waals surface area contributed by atoms with Crippen LogP contribution in [-0.4, -0.2) is 30.4 Å². The number of hydrogen-bond donors (Lipinski definition) is 1. The van der Waals surface area contributed by atoms with Crippen LogP contribution in [0, 0.1) is 0 Å². The van der Waals surface area contributed by atoms with E-state index in [0.29, 0.717) is 13.0 Å². The number of benzene rings is 1. The first kappa shape index (κ1) is 17.7. The van der Waals surface area contributed by atoms with Crippen LogP contribution in [-0.2, 0) is 11.3 Å². The van der Waals surface area contributed by atoms with Crippen molar-refractivity contribution in [3.05, 3.63) is 47.5 Å². The standard InChI is InChI=1S/C20H30N2O/c1-2-22(17-19-11-7-4-8-12-19)20(23)14-16-21-15-13-18-9-5-3-6-10-18/h4,7-9,11-12,21H,2-3,5-6,10,13-17H2,1H3. The van der Waals surface area contributed by atoms with Crippen molar-refractivity contribution in [2.75, 3.05) is 19.6 Å². The molecule has 23 heavy (non-hydrogen) atoms. The minimum Gasteiger partial charge on any atom is -0.339 e. The minimum atomic E-state index is 0.237. The first-order valence-corrected chi connectivity index (χ1v) is 9.00. The molecule has 1 amide bonds. The number of nitrogens with one attached hydrogen (secondary N) is 1. The van der Waals surface area contributed by atoms with Crippen molar-refractivity contribution >= 4 is 5.91 Å². The number of rotatable bonds is 9. The number of hydrogen-bond acceptors (Lipinski definition) is 2. The monoisotopic (exact) mass is 314 g/mol. The van der Waals surface area contributed by atoms with E-state index in [9.17, 15) is 4.79 Å². The fourth-order valence-corrected chi connectivity index (χ4v) is 3.04. The third-order valence-electron chi connectivity index (χ3n) is 4.47. The molecule has 0 radical (unpaired) electrons. The molecule has 0 fully saturated rings. The van der Waals surface area contributed by atoms with E-state index in [2.05, 4.69) is 23.5 Å². The van der Waals surface area contributed by atoms with Crippen molar-refractivity contribution < 1.29 is 4.79 Å². The Kier molecular flexibility index (Phi) is 7.88. The van der Waals surface area contributed by atoms with E-state index >= 15 is 0 Å². The second-order valence-electron chi connectivity index (χ2n) is 6.25. The average molecular weight is 314 g/mol. The third kappa shape index (κ3) is 6.57. The molecule has 1 N–H and O–H groups in total. The highest BCUT2D eigenvalue weighted by Gasteiger charge is 2.11. The lowest BCUT2D eigenvalue weighted by atomic mass is 9.97. The lowest BCUT2D eigenvalue weighted by Crippen LogP contribution is -2.32. The number of nitrogens with zero attached hydrogens (tertiary/aromatic N) is 1. The number of amides is 1. The van der Waals surface area contributed by atoms with Crippen LogP contribution >= 0.6 is 0 Å². The van der Waals surface area contributed by atoms with Crippen LogP contribution in [0.2, 0.25) is 0 Å². The van der Waals surface area contributed by atoms with Crippen molar-refractivity contribution in [2.24, 2.45) is 0 Å². The summed E-state index contributed by atoms with van der Waals surface area (Å²) in [6.07, 6.45) is 9.32. The van der Waals surface area contributed by atoms with Gasteiger partial charge in [0.2, 0.25) is 5.91 Å². The molecule has 3 heteroatoms. The molecule has 0 bridgehead atoms. The maximum atomic E-state index is 12.3. The van der Waals surface area contributed by atoms with Gasteiger partial charge in [0.15, 0.2) is 0 Å². The summed E-state index contributed by atoms with van der Waals surface area (Å²) in [6, 6.07) is 10.2. The summed E-state index contributed by atoms with van der Waals surface area (Å²) >= 11 is 0. The van der Waals surface area contributed by atoms with Gasteiger partial charge in [0, 0.05) is 26.1 Å². The van der Waals surface area contributed by atoms with Crippen molar-refractivity contribution in [1.29, 1.82) is 0 Å². The number of carbonyl (C=O) groups is 1. The van der Waals surface area contributed by atoms with Crippen LogP contribution in [0.4, 0.5) is 0 Å². The van der Waals surface area contributed by atoms with Gasteiger partial charge in [-0.1, -0.05) is 42.0 Å². The Morgan fingerprint density at radius 2 is 2.00 bits per heavy atom. The Labute approximate surface area is 140 Å². The van der Waals surface area contributed by atoms with Crippen LogP contribution in [0.25, 0.3) is 0 Å². The summed E-state index contributed by atoms with van der Waals surface area (Å²) < 4.78 is 0. The molecule has 0 aliphatic heterocycles. The van der Waals surface area contributed by atoms with Gasteiger partial charge in [0.05, 0.1) is 0 Å². The van der Waals surface area contributed by atoms with Crippen molar-refractivity contribution in [3.63, 3.8) is 0 Å². The van der Waals surface area contributed by atoms with E-state index in [1.807, 2.05) is 30.0 Å². The molecular formula is C20H30N2O. The fraction of sp³-hybridized carbons (Fsp3) is 0.550. The van der Waals surface area contributed by atoms with Crippen LogP contribution in [0.1, 0.15) is 51.0 Å². The maximum Gasteiger partial charge on any atom is 0.224 e. The highest BCUT2D eigenvalue weighted by Crippen LogP contribution is 2.19. The molecular weight excluding hydrogens is 284 g/mol. The van der Waals surface area contributed by atoms with E-state index in [1.54, 1.807) is 5.57 Å². The van der Waals surface area contributed by atoms with Gasteiger partial charge in [-0.3, -0.25) is 4.79 Å². The fourth-order valence-electron chi connectivity index (χ4n) is 3.04. The van der Waals surface area contributed by atoms with Gasteiger partial charge < -0.3 is 10.2 Å². The summed E-state index contributed by atoms with van der Waals surface area (Å²) in [6.45, 7) is 5.29. The quantitative estimate of drug-likeness (QED) is 0.554. The van der Waals surface area contributed by atoms with E-state index in [-0.39, 0.29) is 5.91 Å². The second kappa shape index (κ2) is 10.2. The number of allylic oxidation sites excluding steroid dienone is 1. The van der Waals surface area contributed by atoms with E-state index in [0.717, 1.165) is 26.1 Å². The molecule has 0 atom stereocenters. The number of carbonyl (C=O) groups excluding carboxylic acids is 1. The van der Waals surface area contributed by atoms with Crippen molar-refractivity contribution in [2.45, 2.75) is 52.0 Å². The SMILES string of the molecule is CCN(Cc1ccccc1)C(=O)CCNCCC1=CCCCC1. The topological polar surface area (TPSA) is 32.3 Å². The molecule has 1 aromatic rings. The molecule has 0 aromatic heterocycles. The van der Waals surface area contributed by atoms with Gasteiger partial charge in [0.25, 0.3) is 0 Å². The Morgan fingerprint density at radius 1 is 1.17 bits per heavy atom. The normalized spacial score (nSPS) is 14.4. The van der Waals surface area contributed by atoms with E-state index in [1.165, 1.54) is 31.2 Å². The van der Waals surface area contributed by atoms with Crippen molar-refractivity contribution in [1.82, 2.24) is 10.2 Å². The van der Waals surface area contributed by atoms with E-state index < -0.39 is 0 Å². The molecule has 2 rings (SSSR count). The molecule has 0 saturated carbocycles. The Bertz CT molecular complexity index is 496. The molecule has 0 saturated heterocycles. The maximum absolute atomic E-state index is 12.3. The first-order valence-electron chi connectivity index (χ1n) is 9.00. The van der Waals surface area contributed by atoms with Crippen molar-refractivity contribution in [3.8, 4) is 0 Å². The van der Waals surface area contributed by atoms with Gasteiger partial charge in [-0.2, -0.15) is 0 Å². The highest BCUT2D eigenvalue weighted by atomic mass is 16.2. The lowest BCUT2D eigenvalue weighted by Gasteiger charge is -2.21. The summed E-state index contributed by atoms with van der Waals surface area (Å²) in [7, 11) is 0. The Balaban J connectivity index is 1.63. The predicted molar refractivity (Wildman–Crippen MR) is 96.2 cm³/mol. The zero-order valence-electron chi connectivity index (χ0n) is 14.4. The molecule has 0 spiro atoms. The Morgan fingerprint density at radius 3 is 2.70 bits per heavy atom.